The molecule has 0 fully saturated rings. The Morgan fingerprint density at radius 3 is 2.00 bits per heavy atom. The summed E-state index contributed by atoms with van der Waals surface area (Å²) in [5.41, 5.74) is -0.0110. The van der Waals surface area contributed by atoms with Gasteiger partial charge in [-0.1, -0.05) is 24.3 Å². The summed E-state index contributed by atoms with van der Waals surface area (Å²) >= 11 is 0. The van der Waals surface area contributed by atoms with Crippen LogP contribution in [-0.2, 0) is 25.0 Å². The van der Waals surface area contributed by atoms with Crippen molar-refractivity contribution in [2.75, 3.05) is 5.32 Å². The molecular formula is C12H12NNaO7S2. The summed E-state index contributed by atoms with van der Waals surface area (Å²) in [6.45, 7) is 1.18. The van der Waals surface area contributed by atoms with Crippen LogP contribution in [0, 0.1) is 0 Å². The van der Waals surface area contributed by atoms with Gasteiger partial charge in [0.25, 0.3) is 20.2 Å². The number of hydrogen-bond donors (Lipinski definition) is 3. The molecule has 0 atom stereocenters. The number of benzene rings is 2. The number of nitrogens with one attached hydrogen (secondary N) is 1. The van der Waals surface area contributed by atoms with Crippen molar-refractivity contribution in [2.24, 2.45) is 0 Å². The van der Waals surface area contributed by atoms with E-state index >= 15 is 0 Å². The van der Waals surface area contributed by atoms with Gasteiger partial charge >= 0.3 is 29.6 Å². The maximum Gasteiger partial charge on any atom is 1.00 e. The van der Waals surface area contributed by atoms with E-state index in [0.717, 1.165) is 6.07 Å². The number of hydrogen-bond acceptors (Lipinski definition) is 5. The van der Waals surface area contributed by atoms with Gasteiger partial charge < -0.3 is 6.74 Å². The second-order valence-electron chi connectivity index (χ2n) is 4.43. The first-order valence-electron chi connectivity index (χ1n) is 5.80. The van der Waals surface area contributed by atoms with Crippen LogP contribution in [0.25, 0.3) is 10.8 Å². The number of carbonyl (C=O) groups excluding carboxylic acids is 1. The second-order valence-corrected chi connectivity index (χ2v) is 7.18. The van der Waals surface area contributed by atoms with Crippen molar-refractivity contribution in [3.05, 3.63) is 30.3 Å². The fraction of sp³-hybridized carbons (Fsp3) is 0.0833. The molecule has 1 amide bonds. The molecule has 0 heterocycles. The van der Waals surface area contributed by atoms with Gasteiger partial charge in [0.1, 0.15) is 9.79 Å². The number of carbonyl (C=O) groups is 1. The SMILES string of the molecule is CC(=O)Nc1cc(S(=O)(=O)O)c(S(=O)(=O)O)c2ccccc12.[H-].[Na+]. The molecule has 23 heavy (non-hydrogen) atoms. The van der Waals surface area contributed by atoms with Crippen molar-refractivity contribution in [2.45, 2.75) is 16.7 Å². The molecule has 8 nitrogen and oxygen atoms in total. The summed E-state index contributed by atoms with van der Waals surface area (Å²) < 4.78 is 64.5. The van der Waals surface area contributed by atoms with Crippen molar-refractivity contribution < 1.29 is 61.7 Å². The van der Waals surface area contributed by atoms with Crippen LogP contribution in [0.1, 0.15) is 8.35 Å². The van der Waals surface area contributed by atoms with Crippen LogP contribution < -0.4 is 34.9 Å². The molecule has 0 saturated heterocycles. The predicted molar refractivity (Wildman–Crippen MR) is 79.0 cm³/mol. The Bertz CT molecular complexity index is 990. The zero-order chi connectivity index (χ0) is 16.7. The van der Waals surface area contributed by atoms with E-state index in [-0.39, 0.29) is 47.4 Å². The van der Waals surface area contributed by atoms with Gasteiger partial charge in [0.15, 0.2) is 0 Å². The second kappa shape index (κ2) is 6.85. The Kier molecular flexibility index (Phi) is 5.97. The number of fused-ring (bicyclic) bond motifs is 1. The third-order valence-corrected chi connectivity index (χ3v) is 4.77. The first-order chi connectivity index (χ1) is 10.0. The standard InChI is InChI=1S/C12H11NO7S2.Na.H/c1-7(14)13-10-6-11(21(15,16)17)12(22(18,19)20)9-5-3-2-4-8(9)10;;/h2-6H,1H3,(H,13,14)(H,15,16,17)(H,18,19,20);;/q;+1;-1. The summed E-state index contributed by atoms with van der Waals surface area (Å²) in [7, 11) is -9.90. The van der Waals surface area contributed by atoms with Gasteiger partial charge in [-0.25, -0.2) is 0 Å². The summed E-state index contributed by atoms with van der Waals surface area (Å²) in [5, 5.41) is 2.39. The molecule has 0 spiro atoms. The number of rotatable bonds is 3. The molecule has 3 N–H and O–H groups in total. The van der Waals surface area contributed by atoms with Gasteiger partial charge in [-0.2, -0.15) is 16.8 Å². The van der Waals surface area contributed by atoms with Crippen LogP contribution in [0.15, 0.2) is 40.1 Å². The van der Waals surface area contributed by atoms with E-state index in [1.165, 1.54) is 31.2 Å². The number of amides is 1. The van der Waals surface area contributed by atoms with Crippen LogP contribution in [-0.4, -0.2) is 31.8 Å². The molecule has 120 valence electrons. The Balaban J connectivity index is 0.00000264. The van der Waals surface area contributed by atoms with Gasteiger partial charge in [-0.15, -0.1) is 0 Å². The van der Waals surface area contributed by atoms with Gasteiger partial charge in [0, 0.05) is 17.7 Å². The molecule has 0 aliphatic heterocycles. The van der Waals surface area contributed by atoms with Crippen LogP contribution >= 0.6 is 0 Å². The molecule has 0 unspecified atom stereocenters. The molecule has 0 aliphatic rings. The van der Waals surface area contributed by atoms with E-state index in [0.29, 0.717) is 0 Å². The van der Waals surface area contributed by atoms with Gasteiger partial charge in [0.2, 0.25) is 5.91 Å². The molecule has 2 aromatic carbocycles. The average molecular weight is 369 g/mol. The van der Waals surface area contributed by atoms with Gasteiger partial charge in [-0.05, 0) is 6.07 Å². The fourth-order valence-electron chi connectivity index (χ4n) is 2.07. The first kappa shape index (κ1) is 20.0. The van der Waals surface area contributed by atoms with Gasteiger partial charge in [0.05, 0.1) is 5.69 Å². The van der Waals surface area contributed by atoms with E-state index in [1.807, 2.05) is 0 Å². The van der Waals surface area contributed by atoms with Crippen LogP contribution in [0.2, 0.25) is 0 Å². The predicted octanol–water partition coefficient (Wildman–Crippen LogP) is -1.59. The van der Waals surface area contributed by atoms with E-state index in [2.05, 4.69) is 5.32 Å². The van der Waals surface area contributed by atoms with Crippen molar-refractivity contribution in [3.63, 3.8) is 0 Å². The summed E-state index contributed by atoms with van der Waals surface area (Å²) in [6, 6.07) is 6.42. The minimum absolute atomic E-state index is 0. The zero-order valence-corrected chi connectivity index (χ0v) is 15.8. The summed E-state index contributed by atoms with van der Waals surface area (Å²) in [6.07, 6.45) is 0. The van der Waals surface area contributed by atoms with E-state index in [9.17, 15) is 30.7 Å². The third-order valence-electron chi connectivity index (χ3n) is 2.81. The van der Waals surface area contributed by atoms with Crippen LogP contribution in [0.4, 0.5) is 5.69 Å². The first-order valence-corrected chi connectivity index (χ1v) is 8.68. The smallest absolute Gasteiger partial charge is 1.00 e. The third kappa shape index (κ3) is 4.29. The maximum absolute atomic E-state index is 11.5. The van der Waals surface area contributed by atoms with Gasteiger partial charge in [-0.3, -0.25) is 13.9 Å². The molecule has 0 radical (unpaired) electrons. The zero-order valence-electron chi connectivity index (χ0n) is 13.1. The maximum atomic E-state index is 11.5. The monoisotopic (exact) mass is 369 g/mol. The van der Waals surface area contributed by atoms with E-state index in [4.69, 9.17) is 0 Å². The van der Waals surface area contributed by atoms with Crippen molar-refractivity contribution >= 4 is 42.6 Å². The minimum Gasteiger partial charge on any atom is -1.00 e. The van der Waals surface area contributed by atoms with Crippen molar-refractivity contribution in [1.29, 1.82) is 0 Å². The number of anilines is 1. The fourth-order valence-corrected chi connectivity index (χ4v) is 4.09. The van der Waals surface area contributed by atoms with Crippen LogP contribution in [0.3, 0.4) is 0 Å². The minimum atomic E-state index is -4.96. The molecule has 11 heteroatoms. The van der Waals surface area contributed by atoms with Crippen molar-refractivity contribution in [1.82, 2.24) is 0 Å². The Morgan fingerprint density at radius 1 is 1.04 bits per heavy atom. The largest absolute Gasteiger partial charge is 1.00 e. The summed E-state index contributed by atoms with van der Waals surface area (Å²) in [5.74, 6) is -0.522. The van der Waals surface area contributed by atoms with Crippen LogP contribution in [0.5, 0.6) is 0 Å². The Labute approximate surface area is 156 Å². The molecule has 0 bridgehead atoms. The van der Waals surface area contributed by atoms with Crippen molar-refractivity contribution in [3.8, 4) is 0 Å². The van der Waals surface area contributed by atoms with E-state index < -0.39 is 35.9 Å². The Morgan fingerprint density at radius 2 is 1.57 bits per heavy atom. The summed E-state index contributed by atoms with van der Waals surface area (Å²) in [4.78, 5) is 9.25. The quantitative estimate of drug-likeness (QED) is 0.438. The normalized spacial score (nSPS) is 11.8. The molecular weight excluding hydrogens is 357 g/mol. The molecule has 0 saturated carbocycles. The topological polar surface area (TPSA) is 138 Å². The Hall–Kier alpha value is -1.01. The molecule has 2 rings (SSSR count). The van der Waals surface area contributed by atoms with E-state index in [1.54, 1.807) is 0 Å². The molecule has 0 aromatic heterocycles. The molecule has 0 aliphatic carbocycles. The molecule has 2 aromatic rings. The average Bonchev–Trinajstić information content (AvgIpc) is 2.35.